The van der Waals surface area contributed by atoms with Gasteiger partial charge in [-0.1, -0.05) is 90.7 Å². The molecule has 0 fully saturated rings. The van der Waals surface area contributed by atoms with E-state index in [9.17, 15) is 0 Å². The second-order valence-corrected chi connectivity index (χ2v) is 18.8. The first-order valence-corrected chi connectivity index (χ1v) is 13.9. The summed E-state index contributed by atoms with van der Waals surface area (Å²) in [5.74, 6) is 0. The van der Waals surface area contributed by atoms with Gasteiger partial charge in [0.1, 0.15) is 7.22 Å². The van der Waals surface area contributed by atoms with Gasteiger partial charge in [-0.25, -0.2) is 0 Å². The highest BCUT2D eigenvalue weighted by Crippen LogP contribution is 2.61. The third-order valence-electron chi connectivity index (χ3n) is 5.03. The molecule has 0 amide bonds. The summed E-state index contributed by atoms with van der Waals surface area (Å²) >= 11 is 2.30. The molecular formula is C21H34SSi. The van der Waals surface area contributed by atoms with Gasteiger partial charge in [-0.15, -0.1) is 0 Å². The van der Waals surface area contributed by atoms with E-state index >= 15 is 0 Å². The highest BCUT2D eigenvalue weighted by atomic mass is 32.4. The molecule has 2 aliphatic rings. The van der Waals surface area contributed by atoms with E-state index in [4.69, 9.17) is 0 Å². The standard InChI is InChI=1S/C21H34SSi/c1-19(2,3)18-15-11-12-16-21(18,22-23(6,7)8)20(4,5)17-13-9-10-14-17/h9,11-15H,10,16H2,1-8H3. The van der Waals surface area contributed by atoms with Crippen molar-refractivity contribution >= 4 is 18.4 Å². The van der Waals surface area contributed by atoms with Crippen molar-refractivity contribution in [2.24, 2.45) is 10.8 Å². The van der Waals surface area contributed by atoms with Crippen LogP contribution in [0, 0.1) is 10.8 Å². The Hall–Kier alpha value is -0.473. The number of allylic oxidation sites excluding steroid dienone is 7. The predicted molar refractivity (Wildman–Crippen MR) is 111 cm³/mol. The van der Waals surface area contributed by atoms with Crippen molar-refractivity contribution in [3.8, 4) is 0 Å². The van der Waals surface area contributed by atoms with E-state index in [1.807, 2.05) is 0 Å². The minimum Gasteiger partial charge on any atom is -0.174 e. The molecule has 0 nitrogen and oxygen atoms in total. The van der Waals surface area contributed by atoms with Gasteiger partial charge in [-0.3, -0.25) is 0 Å². The minimum atomic E-state index is -1.31. The molecule has 0 spiro atoms. The quantitative estimate of drug-likeness (QED) is 0.487. The molecule has 0 bridgehead atoms. The lowest BCUT2D eigenvalue weighted by Crippen LogP contribution is -2.50. The van der Waals surface area contributed by atoms with Crippen LogP contribution in [-0.4, -0.2) is 12.0 Å². The first-order valence-electron chi connectivity index (χ1n) is 8.85. The highest BCUT2D eigenvalue weighted by molar-refractivity contribution is 8.29. The maximum atomic E-state index is 2.49. The van der Waals surface area contributed by atoms with Crippen LogP contribution in [0.3, 0.4) is 0 Å². The van der Waals surface area contributed by atoms with E-state index in [1.165, 1.54) is 5.57 Å². The molecule has 0 aromatic rings. The lowest BCUT2D eigenvalue weighted by Gasteiger charge is -2.55. The van der Waals surface area contributed by atoms with Crippen LogP contribution in [0.5, 0.6) is 0 Å². The summed E-state index contributed by atoms with van der Waals surface area (Å²) in [5, 5.41) is 0. The Balaban J connectivity index is 2.64. The molecule has 0 heterocycles. The molecule has 128 valence electrons. The summed E-state index contributed by atoms with van der Waals surface area (Å²) < 4.78 is 0.158. The fourth-order valence-corrected chi connectivity index (χ4v) is 10.6. The predicted octanol–water partition coefficient (Wildman–Crippen LogP) is 7.14. The zero-order valence-corrected chi connectivity index (χ0v) is 18.1. The van der Waals surface area contributed by atoms with E-state index < -0.39 is 7.22 Å². The highest BCUT2D eigenvalue weighted by Gasteiger charge is 2.53. The van der Waals surface area contributed by atoms with Gasteiger partial charge < -0.3 is 0 Å². The molecule has 23 heavy (non-hydrogen) atoms. The van der Waals surface area contributed by atoms with Crippen LogP contribution in [0.1, 0.15) is 47.5 Å². The Labute approximate surface area is 148 Å². The van der Waals surface area contributed by atoms with Crippen molar-refractivity contribution in [2.45, 2.75) is 71.8 Å². The largest absolute Gasteiger partial charge is 0.174 e. The maximum Gasteiger partial charge on any atom is 0.109 e. The number of hydrogen-bond donors (Lipinski definition) is 0. The van der Waals surface area contributed by atoms with Gasteiger partial charge >= 0.3 is 0 Å². The normalized spacial score (nSPS) is 25.6. The summed E-state index contributed by atoms with van der Waals surface area (Å²) in [6.45, 7) is 19.6. The Morgan fingerprint density at radius 3 is 2.17 bits per heavy atom. The Morgan fingerprint density at radius 2 is 1.70 bits per heavy atom. The lowest BCUT2D eigenvalue weighted by atomic mass is 9.61. The molecule has 1 atom stereocenters. The van der Waals surface area contributed by atoms with Crippen LogP contribution in [-0.2, 0) is 0 Å². The molecule has 0 aromatic heterocycles. The summed E-state index contributed by atoms with van der Waals surface area (Å²) in [4.78, 5) is 0. The van der Waals surface area contributed by atoms with Gasteiger partial charge in [0, 0.05) is 10.2 Å². The van der Waals surface area contributed by atoms with E-state index in [0.717, 1.165) is 12.8 Å². The van der Waals surface area contributed by atoms with Crippen LogP contribution in [0.2, 0.25) is 19.6 Å². The van der Waals surface area contributed by atoms with E-state index in [-0.39, 0.29) is 15.6 Å². The number of rotatable bonds is 4. The summed E-state index contributed by atoms with van der Waals surface area (Å²) in [6.07, 6.45) is 16.4. The monoisotopic (exact) mass is 346 g/mol. The number of hydrogen-bond acceptors (Lipinski definition) is 1. The Bertz CT molecular complexity index is 576. The van der Waals surface area contributed by atoms with Crippen LogP contribution in [0.25, 0.3) is 0 Å². The van der Waals surface area contributed by atoms with Gasteiger partial charge in [0.25, 0.3) is 0 Å². The van der Waals surface area contributed by atoms with Gasteiger partial charge in [-0.05, 0) is 29.4 Å². The van der Waals surface area contributed by atoms with Gasteiger partial charge in [0.05, 0.1) is 0 Å². The van der Waals surface area contributed by atoms with Crippen molar-refractivity contribution in [3.63, 3.8) is 0 Å². The first-order chi connectivity index (χ1) is 10.4. The Kier molecular flexibility index (Phi) is 5.01. The van der Waals surface area contributed by atoms with E-state index in [0.29, 0.717) is 0 Å². The molecule has 2 rings (SSSR count). The Morgan fingerprint density at radius 1 is 1.04 bits per heavy atom. The van der Waals surface area contributed by atoms with Crippen molar-refractivity contribution in [1.82, 2.24) is 0 Å². The fraction of sp³-hybridized carbons (Fsp3) is 0.619. The third kappa shape index (κ3) is 3.63. The molecule has 0 N–H and O–H groups in total. The maximum absolute atomic E-state index is 2.49. The molecule has 1 unspecified atom stereocenters. The topological polar surface area (TPSA) is 0 Å². The molecule has 0 saturated carbocycles. The van der Waals surface area contributed by atoms with Crippen LogP contribution in [0.4, 0.5) is 0 Å². The summed E-state index contributed by atoms with van der Waals surface area (Å²) in [7, 11) is -1.31. The summed E-state index contributed by atoms with van der Waals surface area (Å²) in [6, 6.07) is 0. The lowest BCUT2D eigenvalue weighted by molar-refractivity contribution is 0.302. The second-order valence-electron chi connectivity index (χ2n) is 9.43. The molecule has 0 aromatic carbocycles. The van der Waals surface area contributed by atoms with Gasteiger partial charge in [-0.2, -0.15) is 11.2 Å². The molecule has 2 aliphatic carbocycles. The average Bonchev–Trinajstić information content (AvgIpc) is 2.90. The summed E-state index contributed by atoms with van der Waals surface area (Å²) in [5.41, 5.74) is 3.46. The van der Waals surface area contributed by atoms with Crippen LogP contribution >= 0.6 is 11.2 Å². The zero-order valence-electron chi connectivity index (χ0n) is 16.3. The minimum absolute atomic E-state index is 0.134. The van der Waals surface area contributed by atoms with Crippen molar-refractivity contribution in [3.05, 3.63) is 47.6 Å². The van der Waals surface area contributed by atoms with Crippen LogP contribution < -0.4 is 0 Å². The van der Waals surface area contributed by atoms with Gasteiger partial charge in [0.15, 0.2) is 0 Å². The fourth-order valence-electron chi connectivity index (χ4n) is 3.99. The molecule has 0 aliphatic heterocycles. The molecule has 2 heteroatoms. The first kappa shape index (κ1) is 18.9. The van der Waals surface area contributed by atoms with E-state index in [1.54, 1.807) is 5.57 Å². The third-order valence-corrected chi connectivity index (χ3v) is 9.77. The molecule has 0 radical (unpaired) electrons. The second kappa shape index (κ2) is 6.11. The molecule has 0 saturated heterocycles. The zero-order chi connectivity index (χ0) is 17.5. The van der Waals surface area contributed by atoms with Crippen molar-refractivity contribution in [1.29, 1.82) is 0 Å². The average molecular weight is 347 g/mol. The smallest absolute Gasteiger partial charge is 0.109 e. The van der Waals surface area contributed by atoms with E-state index in [2.05, 4.69) is 102 Å². The molecular weight excluding hydrogens is 312 g/mol. The van der Waals surface area contributed by atoms with Crippen molar-refractivity contribution < 1.29 is 0 Å². The van der Waals surface area contributed by atoms with Gasteiger partial charge in [0.2, 0.25) is 0 Å². The van der Waals surface area contributed by atoms with Crippen LogP contribution in [0.15, 0.2) is 47.6 Å². The van der Waals surface area contributed by atoms with Crippen molar-refractivity contribution in [2.75, 3.05) is 0 Å². The SMILES string of the molecule is CC(C)(C)C1=CC=CCC1(S[Si](C)(C)C)C(C)(C)C1=CCC=C1.